The minimum Gasteiger partial charge on any atom is -0.369 e. The van der Waals surface area contributed by atoms with E-state index in [1.165, 1.54) is 5.69 Å². The monoisotopic (exact) mass is 419 g/mol. The summed E-state index contributed by atoms with van der Waals surface area (Å²) in [4.78, 5) is 20.2. The van der Waals surface area contributed by atoms with Crippen LogP contribution in [0.5, 0.6) is 0 Å². The van der Waals surface area contributed by atoms with Gasteiger partial charge in [0, 0.05) is 49.2 Å². The molecule has 2 fully saturated rings. The van der Waals surface area contributed by atoms with E-state index < -0.39 is 0 Å². The molecule has 0 amide bonds. The number of aromatic nitrogens is 4. The van der Waals surface area contributed by atoms with Crippen molar-refractivity contribution in [2.24, 2.45) is 0 Å². The maximum Gasteiger partial charge on any atom is 0.255 e. The average molecular weight is 420 g/mol. The summed E-state index contributed by atoms with van der Waals surface area (Å²) in [6, 6.07) is 10.3. The van der Waals surface area contributed by atoms with E-state index in [0.29, 0.717) is 23.5 Å². The Morgan fingerprint density at radius 1 is 1.10 bits per heavy atom. The van der Waals surface area contributed by atoms with Gasteiger partial charge in [-0.25, -0.2) is 0 Å². The smallest absolute Gasteiger partial charge is 0.255 e. The van der Waals surface area contributed by atoms with Crippen LogP contribution in [-0.4, -0.2) is 45.9 Å². The molecular formula is C23H29N7O. The van der Waals surface area contributed by atoms with Gasteiger partial charge in [0.2, 0.25) is 5.95 Å². The first-order valence-corrected chi connectivity index (χ1v) is 11.3. The van der Waals surface area contributed by atoms with Crippen LogP contribution >= 0.6 is 0 Å². The summed E-state index contributed by atoms with van der Waals surface area (Å²) < 4.78 is 1.87. The standard InChI is InChI=1S/C23H29N7O/c1-2-16-15-20-21(30(22(16)31)19-5-3-4-6-19)26-23(28-27-20)25-17-7-9-18(10-8-17)29-13-11-24-12-14-29/h7-10,15,19,24H,2-6,11-14H2,1H3,(H,25,26,28). The quantitative estimate of drug-likeness (QED) is 0.657. The molecule has 0 bridgehead atoms. The maximum atomic E-state index is 13.1. The van der Waals surface area contributed by atoms with Crippen LogP contribution in [0.25, 0.3) is 11.2 Å². The van der Waals surface area contributed by atoms with E-state index in [9.17, 15) is 4.79 Å². The second kappa shape index (κ2) is 8.63. The van der Waals surface area contributed by atoms with Crippen LogP contribution in [-0.2, 0) is 6.42 Å². The molecule has 0 radical (unpaired) electrons. The van der Waals surface area contributed by atoms with Crippen molar-refractivity contribution in [3.8, 4) is 0 Å². The number of piperazine rings is 1. The number of fused-ring (bicyclic) bond motifs is 1. The number of benzene rings is 1. The third-order valence-electron chi connectivity index (χ3n) is 6.40. The summed E-state index contributed by atoms with van der Waals surface area (Å²) >= 11 is 0. The van der Waals surface area contributed by atoms with E-state index in [1.54, 1.807) is 0 Å². The van der Waals surface area contributed by atoms with Gasteiger partial charge >= 0.3 is 0 Å². The largest absolute Gasteiger partial charge is 0.369 e. The molecule has 0 atom stereocenters. The molecule has 3 aromatic rings. The van der Waals surface area contributed by atoms with Gasteiger partial charge in [0.15, 0.2) is 5.65 Å². The lowest BCUT2D eigenvalue weighted by Crippen LogP contribution is -2.43. The lowest BCUT2D eigenvalue weighted by atomic mass is 10.1. The zero-order chi connectivity index (χ0) is 21.2. The minimum absolute atomic E-state index is 0.0636. The average Bonchev–Trinajstić information content (AvgIpc) is 3.34. The summed E-state index contributed by atoms with van der Waals surface area (Å²) in [5.74, 6) is 0.415. The van der Waals surface area contributed by atoms with Crippen LogP contribution in [0.15, 0.2) is 35.1 Å². The summed E-state index contributed by atoms with van der Waals surface area (Å²) in [5, 5.41) is 15.3. The predicted octanol–water partition coefficient (Wildman–Crippen LogP) is 3.02. The van der Waals surface area contributed by atoms with Crippen LogP contribution in [0, 0.1) is 0 Å². The van der Waals surface area contributed by atoms with E-state index in [-0.39, 0.29) is 11.6 Å². The third kappa shape index (κ3) is 3.99. The zero-order valence-electron chi connectivity index (χ0n) is 18.0. The van der Waals surface area contributed by atoms with E-state index in [1.807, 2.05) is 29.7 Å². The molecule has 31 heavy (non-hydrogen) atoms. The van der Waals surface area contributed by atoms with E-state index in [2.05, 4.69) is 37.9 Å². The lowest BCUT2D eigenvalue weighted by Gasteiger charge is -2.29. The predicted molar refractivity (Wildman–Crippen MR) is 123 cm³/mol. The second-order valence-electron chi connectivity index (χ2n) is 8.39. The first-order chi connectivity index (χ1) is 15.2. The topological polar surface area (TPSA) is 88.0 Å². The Kier molecular flexibility index (Phi) is 5.55. The first-order valence-electron chi connectivity index (χ1n) is 11.3. The molecule has 3 heterocycles. The number of anilines is 3. The highest BCUT2D eigenvalue weighted by molar-refractivity contribution is 5.72. The number of nitrogens with one attached hydrogen (secondary N) is 2. The van der Waals surface area contributed by atoms with E-state index in [0.717, 1.165) is 63.1 Å². The fourth-order valence-electron chi connectivity index (χ4n) is 4.69. The van der Waals surface area contributed by atoms with Gasteiger partial charge in [-0.2, -0.15) is 4.98 Å². The van der Waals surface area contributed by atoms with Crippen LogP contribution in [0.4, 0.5) is 17.3 Å². The zero-order valence-corrected chi connectivity index (χ0v) is 18.0. The van der Waals surface area contributed by atoms with Crippen molar-refractivity contribution in [1.82, 2.24) is 25.1 Å². The summed E-state index contributed by atoms with van der Waals surface area (Å²) in [6.45, 7) is 6.06. The van der Waals surface area contributed by atoms with Gasteiger partial charge in [0.05, 0.1) is 0 Å². The van der Waals surface area contributed by atoms with Gasteiger partial charge in [-0.05, 0) is 49.6 Å². The molecule has 2 aromatic heterocycles. The third-order valence-corrected chi connectivity index (χ3v) is 6.40. The van der Waals surface area contributed by atoms with Crippen molar-refractivity contribution < 1.29 is 0 Å². The fraction of sp³-hybridized carbons (Fsp3) is 0.478. The highest BCUT2D eigenvalue weighted by Gasteiger charge is 2.23. The highest BCUT2D eigenvalue weighted by atomic mass is 16.1. The number of nitrogens with zero attached hydrogens (tertiary/aromatic N) is 5. The molecule has 162 valence electrons. The van der Waals surface area contributed by atoms with Crippen LogP contribution in [0.2, 0.25) is 0 Å². The second-order valence-corrected chi connectivity index (χ2v) is 8.39. The van der Waals surface area contributed by atoms with Crippen molar-refractivity contribution >= 4 is 28.5 Å². The molecule has 1 aromatic carbocycles. The van der Waals surface area contributed by atoms with Crippen molar-refractivity contribution in [1.29, 1.82) is 0 Å². The Balaban J connectivity index is 1.45. The first kappa shape index (κ1) is 19.9. The Hall–Kier alpha value is -3.00. The van der Waals surface area contributed by atoms with Crippen LogP contribution < -0.4 is 21.1 Å². The SMILES string of the molecule is CCc1cc2nnc(Nc3ccc(N4CCNCC4)cc3)nc2n(C2CCCC2)c1=O. The van der Waals surface area contributed by atoms with Crippen molar-refractivity contribution in [3.63, 3.8) is 0 Å². The number of hydrogen-bond donors (Lipinski definition) is 2. The Labute approximate surface area is 181 Å². The molecule has 0 unspecified atom stereocenters. The van der Waals surface area contributed by atoms with E-state index in [4.69, 9.17) is 4.98 Å². The fourth-order valence-corrected chi connectivity index (χ4v) is 4.69. The van der Waals surface area contributed by atoms with Gasteiger partial charge in [0.25, 0.3) is 5.56 Å². The summed E-state index contributed by atoms with van der Waals surface area (Å²) in [6.07, 6.45) is 5.02. The molecule has 1 saturated carbocycles. The van der Waals surface area contributed by atoms with Gasteiger partial charge in [-0.1, -0.05) is 19.8 Å². The lowest BCUT2D eigenvalue weighted by molar-refractivity contribution is 0.512. The van der Waals surface area contributed by atoms with Gasteiger partial charge in [0.1, 0.15) is 5.52 Å². The van der Waals surface area contributed by atoms with Crippen molar-refractivity contribution in [2.45, 2.75) is 45.1 Å². The molecule has 8 heteroatoms. The molecule has 8 nitrogen and oxygen atoms in total. The van der Waals surface area contributed by atoms with E-state index >= 15 is 0 Å². The Morgan fingerprint density at radius 2 is 1.84 bits per heavy atom. The normalized spacial score (nSPS) is 17.4. The van der Waals surface area contributed by atoms with Gasteiger partial charge in [-0.3, -0.25) is 9.36 Å². The molecule has 1 aliphatic heterocycles. The summed E-state index contributed by atoms with van der Waals surface area (Å²) in [7, 11) is 0. The Bertz CT molecular complexity index is 1110. The molecular weight excluding hydrogens is 390 g/mol. The van der Waals surface area contributed by atoms with Crippen molar-refractivity contribution in [2.75, 3.05) is 36.4 Å². The number of rotatable bonds is 5. The summed E-state index contributed by atoms with van der Waals surface area (Å²) in [5.41, 5.74) is 4.27. The Morgan fingerprint density at radius 3 is 2.55 bits per heavy atom. The number of pyridine rings is 1. The number of aryl methyl sites for hydroxylation is 1. The maximum absolute atomic E-state index is 13.1. The molecule has 1 saturated heterocycles. The minimum atomic E-state index is 0.0636. The van der Waals surface area contributed by atoms with Crippen molar-refractivity contribution in [3.05, 3.63) is 46.2 Å². The highest BCUT2D eigenvalue weighted by Crippen LogP contribution is 2.30. The molecule has 2 N–H and O–H groups in total. The van der Waals surface area contributed by atoms with Crippen LogP contribution in [0.1, 0.15) is 44.2 Å². The van der Waals surface area contributed by atoms with Gasteiger partial charge < -0.3 is 15.5 Å². The van der Waals surface area contributed by atoms with Crippen LogP contribution in [0.3, 0.4) is 0 Å². The molecule has 2 aliphatic rings. The molecule has 5 rings (SSSR count). The van der Waals surface area contributed by atoms with Gasteiger partial charge in [-0.15, -0.1) is 10.2 Å². The number of hydrogen-bond acceptors (Lipinski definition) is 7. The molecule has 0 spiro atoms. The molecule has 1 aliphatic carbocycles.